The van der Waals surface area contributed by atoms with E-state index in [0.717, 1.165) is 61.4 Å². The number of fused-ring (bicyclic) bond motifs is 2. The van der Waals surface area contributed by atoms with Crippen molar-refractivity contribution in [1.82, 2.24) is 25.8 Å². The molecule has 9 rings (SSSR count). The molecule has 7 N–H and O–H groups in total. The smallest absolute Gasteiger partial charge is 0.370 e. The number of imide groups is 1. The van der Waals surface area contributed by atoms with Crippen LogP contribution >= 0.6 is 7.60 Å². The molecule has 1 aromatic heterocycles. The SMILES string of the molecule is NC(=O)CC[C@H](NC(=O)[C@@H]1Cc2cccc3c2N1C(=O)[C@@H](NC(=O)c1cc2cc(C(F)(F)P(=O)(O)O)ccc2cn1)CC3)C(=O)C[C@H](C(=O)CCCCCCCCC#Cc1cccc2c1CN(C1CCC(=O)NC1=O)C2=O)c1ccccc1. The lowest BCUT2D eigenvalue weighted by atomic mass is 9.85. The molecule has 0 saturated carbocycles. The Morgan fingerprint density at radius 2 is 1.57 bits per heavy atom. The third kappa shape index (κ3) is 13.3. The molecule has 22 heteroatoms. The van der Waals surface area contributed by atoms with E-state index in [1.165, 1.54) is 22.1 Å². The molecule has 4 aliphatic heterocycles. The van der Waals surface area contributed by atoms with Gasteiger partial charge in [-0.05, 0) is 90.4 Å². The van der Waals surface area contributed by atoms with Gasteiger partial charge in [-0.2, -0.15) is 8.78 Å². The highest BCUT2D eigenvalue weighted by atomic mass is 31.2. The number of carbonyl (C=O) groups is 9. The summed E-state index contributed by atoms with van der Waals surface area (Å²) in [5.41, 5.74) is 4.26. The van der Waals surface area contributed by atoms with Crippen molar-refractivity contribution < 1.29 is 66.3 Å². The van der Waals surface area contributed by atoms with Gasteiger partial charge in [0.15, 0.2) is 5.78 Å². The van der Waals surface area contributed by atoms with Gasteiger partial charge in [-0.15, -0.1) is 0 Å². The number of aromatic nitrogens is 1. The summed E-state index contributed by atoms with van der Waals surface area (Å²) in [7, 11) is -5.90. The van der Waals surface area contributed by atoms with E-state index in [4.69, 9.17) is 5.73 Å². The molecule has 4 aromatic carbocycles. The Balaban J connectivity index is 0.797. The summed E-state index contributed by atoms with van der Waals surface area (Å²) < 4.78 is 40.9. The first-order valence-electron chi connectivity index (χ1n) is 27.7. The van der Waals surface area contributed by atoms with Crippen molar-refractivity contribution in [1.29, 1.82) is 0 Å². The van der Waals surface area contributed by atoms with Gasteiger partial charge in [0, 0.05) is 79.3 Å². The molecule has 0 spiro atoms. The number of aryl methyl sites for hydroxylation is 1. The number of nitrogens with zero attached hydrogens (tertiary/aromatic N) is 3. The number of piperidine rings is 1. The Labute approximate surface area is 476 Å². The van der Waals surface area contributed by atoms with Crippen molar-refractivity contribution >= 4 is 77.0 Å². The highest BCUT2D eigenvalue weighted by molar-refractivity contribution is 7.52. The van der Waals surface area contributed by atoms with Crippen molar-refractivity contribution in [2.45, 2.75) is 145 Å². The molecular weight excluding hydrogens is 1090 g/mol. The van der Waals surface area contributed by atoms with Gasteiger partial charge < -0.3 is 31.1 Å². The van der Waals surface area contributed by atoms with Gasteiger partial charge in [0.05, 0.1) is 11.7 Å². The molecule has 1 unspecified atom stereocenters. The number of pyridine rings is 1. The van der Waals surface area contributed by atoms with E-state index in [1.54, 1.807) is 60.7 Å². The molecule has 0 aliphatic carbocycles. The van der Waals surface area contributed by atoms with Gasteiger partial charge in [-0.25, -0.2) is 0 Å². The van der Waals surface area contributed by atoms with E-state index in [2.05, 4.69) is 32.8 Å². The van der Waals surface area contributed by atoms with Crippen LogP contribution in [0.3, 0.4) is 0 Å². The molecule has 5 heterocycles. The second-order valence-electron chi connectivity index (χ2n) is 21.5. The molecule has 1 fully saturated rings. The largest absolute Gasteiger partial charge is 0.399 e. The monoisotopic (exact) mass is 1150 g/mol. The van der Waals surface area contributed by atoms with Crippen LogP contribution in [0.4, 0.5) is 14.5 Å². The number of rotatable bonds is 23. The number of Topliss-reactive ketones (excluding diaryl/α,β-unsaturated/α-hetero) is 2. The molecule has 0 radical (unpaired) electrons. The van der Waals surface area contributed by atoms with E-state index in [1.807, 2.05) is 6.07 Å². The van der Waals surface area contributed by atoms with E-state index in [0.29, 0.717) is 47.2 Å². The molecule has 4 aliphatic rings. The summed E-state index contributed by atoms with van der Waals surface area (Å²) in [6.45, 7) is 0.245. The number of anilines is 1. The summed E-state index contributed by atoms with van der Waals surface area (Å²) in [6.07, 6.45) is 7.00. The highest BCUT2D eigenvalue weighted by Crippen LogP contribution is 2.59. The lowest BCUT2D eigenvalue weighted by Crippen LogP contribution is -2.56. The van der Waals surface area contributed by atoms with Gasteiger partial charge >= 0.3 is 13.3 Å². The quantitative estimate of drug-likeness (QED) is 0.0177. The Bertz CT molecular complexity index is 3540. The van der Waals surface area contributed by atoms with E-state index in [-0.39, 0.29) is 92.0 Å². The molecular formula is C61H62F2N7O12P. The molecule has 5 atom stereocenters. The maximum Gasteiger partial charge on any atom is 0.399 e. The van der Waals surface area contributed by atoms with Crippen LogP contribution in [0, 0.1) is 11.8 Å². The minimum atomic E-state index is -5.90. The minimum absolute atomic E-state index is 0.0228. The molecule has 432 valence electrons. The zero-order valence-electron chi connectivity index (χ0n) is 45.2. The number of carbonyl (C=O) groups excluding carboxylic acids is 9. The Morgan fingerprint density at radius 3 is 2.31 bits per heavy atom. The fraction of sp³-hybridized carbons (Fsp3) is 0.377. The van der Waals surface area contributed by atoms with E-state index in [9.17, 15) is 66.3 Å². The predicted molar refractivity (Wildman–Crippen MR) is 299 cm³/mol. The summed E-state index contributed by atoms with van der Waals surface area (Å²) in [6, 6.07) is 19.1. The second kappa shape index (κ2) is 25.5. The maximum atomic E-state index is 14.6. The number of nitrogens with two attached hydrogens (primary N) is 1. The highest BCUT2D eigenvalue weighted by Gasteiger charge is 2.51. The molecule has 83 heavy (non-hydrogen) atoms. The number of para-hydroxylation sites is 1. The van der Waals surface area contributed by atoms with E-state index >= 15 is 0 Å². The Kier molecular flexibility index (Phi) is 18.2. The number of benzene rings is 4. The van der Waals surface area contributed by atoms with E-state index < -0.39 is 84.2 Å². The third-order valence-electron chi connectivity index (χ3n) is 15.8. The molecule has 19 nitrogen and oxygen atoms in total. The third-order valence-corrected chi connectivity index (χ3v) is 16.8. The number of alkyl halides is 2. The van der Waals surface area contributed by atoms with Gasteiger partial charge in [0.1, 0.15) is 29.6 Å². The second-order valence-corrected chi connectivity index (χ2v) is 23.1. The molecule has 1 saturated heterocycles. The lowest BCUT2D eigenvalue weighted by Gasteiger charge is -2.29. The minimum Gasteiger partial charge on any atom is -0.370 e. The van der Waals surface area contributed by atoms with Crippen molar-refractivity contribution in [2.75, 3.05) is 4.90 Å². The number of primary amides is 1. The van der Waals surface area contributed by atoms with Crippen LogP contribution in [-0.4, -0.2) is 96.8 Å². The standard InChI is InChI=1S/C61H62F2N7O12P/c62-61(63,83(80,81)82)42-24-22-40-34-65-48(31-41(40)30-42)56(75)67-47-25-23-38-18-12-19-39-32-50(70(55(38)39)60(47)79)58(77)66-46(26-28-53(64)73)52(72)33-44(36-14-9-7-10-15-36)51(71)21-11-6-4-2-1-3-5-8-16-37-17-13-20-43-45(37)35-69(59(43)78)49-27-29-54(74)68-57(49)76/h7,9-10,12-15,17-20,22,24,30-31,34,44,46-47,49-50H,1-6,11,21,23,25-29,32-33,35H2,(H2,64,73)(H,66,77)(H,67,75)(H,68,74,76)(H2,80,81,82)/t44-,46-,47-,49?,50-/m0/s1. The zero-order chi connectivity index (χ0) is 59.2. The van der Waals surface area contributed by atoms with Gasteiger partial charge in [-0.3, -0.25) is 62.9 Å². The molecule has 7 amide bonds. The van der Waals surface area contributed by atoms with Gasteiger partial charge in [0.25, 0.3) is 11.8 Å². The summed E-state index contributed by atoms with van der Waals surface area (Å²) in [4.78, 5) is 147. The number of halogens is 2. The van der Waals surface area contributed by atoms with Crippen molar-refractivity contribution in [2.24, 2.45) is 5.73 Å². The predicted octanol–water partition coefficient (Wildman–Crippen LogP) is 6.46. The Hall–Kier alpha value is -8.31. The number of ketones is 2. The first kappa shape index (κ1) is 59.3. The normalized spacial score (nSPS) is 18.3. The summed E-state index contributed by atoms with van der Waals surface area (Å²) >= 11 is 0. The van der Waals surface area contributed by atoms with Crippen molar-refractivity contribution in [3.63, 3.8) is 0 Å². The number of hydrogen-bond acceptors (Lipinski definition) is 11. The van der Waals surface area contributed by atoms with Crippen molar-refractivity contribution in [3.8, 4) is 11.8 Å². The van der Waals surface area contributed by atoms with Gasteiger partial charge in [-0.1, -0.05) is 104 Å². The molecule has 5 aromatic rings. The lowest BCUT2D eigenvalue weighted by molar-refractivity contribution is -0.137. The van der Waals surface area contributed by atoms with Crippen LogP contribution in [-0.2, 0) is 63.2 Å². The van der Waals surface area contributed by atoms with Crippen LogP contribution in [0.2, 0.25) is 0 Å². The molecule has 0 bridgehead atoms. The van der Waals surface area contributed by atoms with Crippen LogP contribution in [0.1, 0.15) is 150 Å². The summed E-state index contributed by atoms with van der Waals surface area (Å²) in [5.74, 6) is 0.843. The number of amides is 7. The average Bonchev–Trinajstić information content (AvgIpc) is 4.13. The average molecular weight is 1150 g/mol. The van der Waals surface area contributed by atoms with Gasteiger partial charge in [0.2, 0.25) is 29.5 Å². The summed E-state index contributed by atoms with van der Waals surface area (Å²) in [5, 5.41) is 8.10. The number of hydrogen-bond donors (Lipinski definition) is 6. The first-order valence-corrected chi connectivity index (χ1v) is 29.3. The fourth-order valence-corrected chi connectivity index (χ4v) is 11.9. The number of nitrogens with one attached hydrogen (secondary N) is 3. The van der Waals surface area contributed by atoms with Crippen molar-refractivity contribution in [3.05, 3.63) is 142 Å². The van der Waals surface area contributed by atoms with Crippen LogP contribution in [0.5, 0.6) is 0 Å². The fourth-order valence-electron chi connectivity index (χ4n) is 11.4. The maximum absolute atomic E-state index is 14.6. The first-order chi connectivity index (χ1) is 39.7. The zero-order valence-corrected chi connectivity index (χ0v) is 46.1. The van der Waals surface area contributed by atoms with Crippen LogP contribution in [0.15, 0.2) is 97.2 Å². The van der Waals surface area contributed by atoms with Crippen LogP contribution in [0.25, 0.3) is 10.8 Å². The van der Waals surface area contributed by atoms with Crippen LogP contribution < -0.4 is 26.6 Å². The Morgan fingerprint density at radius 1 is 0.831 bits per heavy atom. The topological polar surface area (TPSA) is 293 Å². The number of unbranched alkanes of at least 4 members (excludes halogenated alkanes) is 6.